The molecule has 7 nitrogen and oxygen atoms in total. The molecule has 0 aliphatic carbocycles. The number of rotatable bonds is 4. The SMILES string of the molecule is CCOc1cc(-c2ccc(C3CCN(C(C)=O)C3)nc2)c2c(C#N)cnn2c1. The Hall–Kier alpha value is -3.40. The maximum atomic E-state index is 11.6. The summed E-state index contributed by atoms with van der Waals surface area (Å²) in [6.45, 7) is 5.57. The monoisotopic (exact) mass is 375 g/mol. The van der Waals surface area contributed by atoms with Gasteiger partial charge in [0.05, 0.1) is 30.1 Å². The number of aromatic nitrogens is 3. The van der Waals surface area contributed by atoms with Crippen molar-refractivity contribution < 1.29 is 9.53 Å². The van der Waals surface area contributed by atoms with Crippen molar-refractivity contribution in [3.8, 4) is 22.9 Å². The van der Waals surface area contributed by atoms with Crippen LogP contribution in [0.4, 0.5) is 0 Å². The Morgan fingerprint density at radius 2 is 2.25 bits per heavy atom. The van der Waals surface area contributed by atoms with E-state index in [1.807, 2.05) is 36.2 Å². The minimum Gasteiger partial charge on any atom is -0.492 e. The van der Waals surface area contributed by atoms with Gasteiger partial charge >= 0.3 is 0 Å². The first-order valence-corrected chi connectivity index (χ1v) is 9.36. The number of carbonyl (C=O) groups is 1. The molecule has 0 spiro atoms. The molecule has 0 aromatic carbocycles. The smallest absolute Gasteiger partial charge is 0.219 e. The van der Waals surface area contributed by atoms with Crippen molar-refractivity contribution in [1.82, 2.24) is 19.5 Å². The number of nitrogens with zero attached hydrogens (tertiary/aromatic N) is 5. The number of likely N-dealkylation sites (tertiary alicyclic amines) is 1. The van der Waals surface area contributed by atoms with Crippen LogP contribution in [0.2, 0.25) is 0 Å². The minimum absolute atomic E-state index is 0.110. The maximum Gasteiger partial charge on any atom is 0.219 e. The molecule has 0 bridgehead atoms. The molecule has 4 rings (SSSR count). The Morgan fingerprint density at radius 1 is 1.39 bits per heavy atom. The van der Waals surface area contributed by atoms with Gasteiger partial charge in [-0.05, 0) is 25.5 Å². The lowest BCUT2D eigenvalue weighted by Gasteiger charge is -2.14. The minimum atomic E-state index is 0.110. The first kappa shape index (κ1) is 18.0. The highest BCUT2D eigenvalue weighted by atomic mass is 16.5. The lowest BCUT2D eigenvalue weighted by molar-refractivity contribution is -0.127. The fourth-order valence-electron chi connectivity index (χ4n) is 3.74. The maximum absolute atomic E-state index is 11.6. The molecule has 1 saturated heterocycles. The van der Waals surface area contributed by atoms with Crippen molar-refractivity contribution >= 4 is 11.4 Å². The van der Waals surface area contributed by atoms with E-state index in [9.17, 15) is 10.1 Å². The Morgan fingerprint density at radius 3 is 2.89 bits per heavy atom. The van der Waals surface area contributed by atoms with Crippen LogP contribution in [0.1, 0.15) is 37.4 Å². The number of pyridine rings is 2. The van der Waals surface area contributed by atoms with Crippen LogP contribution >= 0.6 is 0 Å². The molecule has 0 N–H and O–H groups in total. The number of nitriles is 1. The van der Waals surface area contributed by atoms with Gasteiger partial charge in [-0.3, -0.25) is 9.78 Å². The van der Waals surface area contributed by atoms with Crippen molar-refractivity contribution in [2.75, 3.05) is 19.7 Å². The van der Waals surface area contributed by atoms with E-state index < -0.39 is 0 Å². The zero-order valence-corrected chi connectivity index (χ0v) is 15.9. The summed E-state index contributed by atoms with van der Waals surface area (Å²) < 4.78 is 7.33. The zero-order valence-electron chi connectivity index (χ0n) is 15.9. The third-order valence-corrected chi connectivity index (χ3v) is 5.17. The van der Waals surface area contributed by atoms with Gasteiger partial charge < -0.3 is 9.64 Å². The largest absolute Gasteiger partial charge is 0.492 e. The van der Waals surface area contributed by atoms with E-state index in [4.69, 9.17) is 4.74 Å². The van der Waals surface area contributed by atoms with E-state index in [0.717, 1.165) is 35.3 Å². The molecule has 1 fully saturated rings. The van der Waals surface area contributed by atoms with Gasteiger partial charge in [-0.15, -0.1) is 0 Å². The van der Waals surface area contributed by atoms with Crippen molar-refractivity contribution in [2.24, 2.45) is 0 Å². The second kappa shape index (κ2) is 7.31. The number of fused-ring (bicyclic) bond motifs is 1. The van der Waals surface area contributed by atoms with Crippen LogP contribution in [-0.4, -0.2) is 45.1 Å². The second-order valence-electron chi connectivity index (χ2n) is 6.91. The number of hydrogen-bond donors (Lipinski definition) is 0. The van der Waals surface area contributed by atoms with Crippen LogP contribution in [0.15, 0.2) is 36.8 Å². The van der Waals surface area contributed by atoms with E-state index in [2.05, 4.69) is 16.2 Å². The summed E-state index contributed by atoms with van der Waals surface area (Å²) in [6.07, 6.45) is 6.09. The molecule has 3 aromatic rings. The van der Waals surface area contributed by atoms with E-state index in [0.29, 0.717) is 24.5 Å². The van der Waals surface area contributed by atoms with Crippen LogP contribution in [0.25, 0.3) is 16.6 Å². The number of ether oxygens (including phenoxy) is 1. The molecule has 1 unspecified atom stereocenters. The van der Waals surface area contributed by atoms with Crippen molar-refractivity contribution in [1.29, 1.82) is 5.26 Å². The van der Waals surface area contributed by atoms with E-state index in [1.54, 1.807) is 23.8 Å². The number of hydrogen-bond acceptors (Lipinski definition) is 5. The molecule has 1 aliphatic rings. The molecule has 1 atom stereocenters. The fraction of sp³-hybridized carbons (Fsp3) is 0.333. The van der Waals surface area contributed by atoms with Crippen LogP contribution in [0.3, 0.4) is 0 Å². The predicted molar refractivity (Wildman–Crippen MR) is 104 cm³/mol. The molecule has 4 heterocycles. The fourth-order valence-corrected chi connectivity index (χ4v) is 3.74. The third-order valence-electron chi connectivity index (χ3n) is 5.17. The first-order chi connectivity index (χ1) is 13.6. The standard InChI is InChI=1S/C21H21N5O2/c1-3-28-18-8-19(21-17(9-22)11-24-26(21)13-18)15-4-5-20(23-10-15)16-6-7-25(12-16)14(2)27/h4-5,8,10-11,13,16H,3,6-7,12H2,1-2H3. The van der Waals surface area contributed by atoms with Gasteiger partial charge in [0.2, 0.25) is 5.91 Å². The highest BCUT2D eigenvalue weighted by Gasteiger charge is 2.26. The molecule has 0 radical (unpaired) electrons. The van der Waals surface area contributed by atoms with Gasteiger partial charge in [-0.25, -0.2) is 4.52 Å². The Bertz CT molecular complexity index is 1060. The van der Waals surface area contributed by atoms with Crippen LogP contribution < -0.4 is 4.74 Å². The second-order valence-corrected chi connectivity index (χ2v) is 6.91. The van der Waals surface area contributed by atoms with Crippen LogP contribution in [0, 0.1) is 11.3 Å². The lowest BCUT2D eigenvalue weighted by atomic mass is 10.0. The van der Waals surface area contributed by atoms with E-state index >= 15 is 0 Å². The summed E-state index contributed by atoms with van der Waals surface area (Å²) in [7, 11) is 0. The quantitative estimate of drug-likeness (QED) is 0.700. The van der Waals surface area contributed by atoms with Gasteiger partial charge in [-0.2, -0.15) is 10.4 Å². The average Bonchev–Trinajstić information content (AvgIpc) is 3.35. The first-order valence-electron chi connectivity index (χ1n) is 9.36. The Labute approximate surface area is 163 Å². The molecule has 0 saturated carbocycles. The van der Waals surface area contributed by atoms with E-state index in [-0.39, 0.29) is 11.8 Å². The van der Waals surface area contributed by atoms with Gasteiger partial charge in [0, 0.05) is 48.9 Å². The number of amides is 1. The van der Waals surface area contributed by atoms with E-state index in [1.165, 1.54) is 0 Å². The molecule has 1 aliphatic heterocycles. The summed E-state index contributed by atoms with van der Waals surface area (Å²) in [4.78, 5) is 18.1. The van der Waals surface area contributed by atoms with Crippen molar-refractivity contribution in [3.63, 3.8) is 0 Å². The summed E-state index contributed by atoms with van der Waals surface area (Å²) in [5, 5.41) is 13.7. The topological polar surface area (TPSA) is 83.5 Å². The van der Waals surface area contributed by atoms with Crippen LogP contribution in [-0.2, 0) is 4.79 Å². The van der Waals surface area contributed by atoms with Crippen LogP contribution in [0.5, 0.6) is 5.75 Å². The molecular weight excluding hydrogens is 354 g/mol. The van der Waals surface area contributed by atoms with Gasteiger partial charge in [0.15, 0.2) is 0 Å². The molecule has 7 heteroatoms. The van der Waals surface area contributed by atoms with Gasteiger partial charge in [0.1, 0.15) is 11.8 Å². The summed E-state index contributed by atoms with van der Waals surface area (Å²) >= 11 is 0. The Balaban J connectivity index is 1.71. The average molecular weight is 375 g/mol. The Kier molecular flexibility index (Phi) is 4.70. The van der Waals surface area contributed by atoms with Crippen molar-refractivity contribution in [2.45, 2.75) is 26.2 Å². The molecule has 28 heavy (non-hydrogen) atoms. The molecule has 3 aromatic heterocycles. The lowest BCUT2D eigenvalue weighted by Crippen LogP contribution is -2.25. The van der Waals surface area contributed by atoms with Gasteiger partial charge in [-0.1, -0.05) is 6.07 Å². The summed E-state index contributed by atoms with van der Waals surface area (Å²) in [5.41, 5.74) is 3.99. The van der Waals surface area contributed by atoms with Gasteiger partial charge in [0.25, 0.3) is 0 Å². The zero-order chi connectivity index (χ0) is 19.7. The summed E-state index contributed by atoms with van der Waals surface area (Å²) in [6, 6.07) is 8.14. The molecule has 142 valence electrons. The predicted octanol–water partition coefficient (Wildman–Crippen LogP) is 3.00. The highest BCUT2D eigenvalue weighted by Crippen LogP contribution is 2.32. The molecule has 1 amide bonds. The highest BCUT2D eigenvalue weighted by molar-refractivity contribution is 5.85. The molecular formula is C21H21N5O2. The normalized spacial score (nSPS) is 16.3. The third kappa shape index (κ3) is 3.18. The van der Waals surface area contributed by atoms with Crippen molar-refractivity contribution in [3.05, 3.63) is 48.0 Å². The number of carbonyl (C=O) groups excluding carboxylic acids is 1. The summed E-state index contributed by atoms with van der Waals surface area (Å²) in [5.74, 6) is 1.06.